The fourth-order valence-electron chi connectivity index (χ4n) is 1.42. The van der Waals surface area contributed by atoms with Crippen LogP contribution in [0.4, 0.5) is 0 Å². The van der Waals surface area contributed by atoms with Crippen molar-refractivity contribution in [2.24, 2.45) is 0 Å². The number of halogens is 1. The van der Waals surface area contributed by atoms with Crippen molar-refractivity contribution >= 4 is 21.9 Å². The van der Waals surface area contributed by atoms with Crippen molar-refractivity contribution in [3.63, 3.8) is 0 Å². The molecule has 2 rings (SSSR count). The highest BCUT2D eigenvalue weighted by Crippen LogP contribution is 2.25. The largest absolute Gasteiger partial charge is 0.465 e. The predicted molar refractivity (Wildman–Crippen MR) is 70.9 cm³/mol. The lowest BCUT2D eigenvalue weighted by Crippen LogP contribution is -2.03. The average Bonchev–Trinajstić information content (AvgIpc) is 2.51. The highest BCUT2D eigenvalue weighted by atomic mass is 79.9. The predicted octanol–water partition coefficient (Wildman–Crippen LogP) is 3.90. The van der Waals surface area contributed by atoms with Gasteiger partial charge in [-0.05, 0) is 29.3 Å². The van der Waals surface area contributed by atoms with Crippen LogP contribution in [-0.2, 0) is 4.74 Å². The molecule has 0 N–H and O–H groups in total. The molecule has 3 heteroatoms. The molecule has 2 aromatic carbocycles. The molecule has 0 fully saturated rings. The van der Waals surface area contributed by atoms with Gasteiger partial charge in [-0.25, -0.2) is 4.79 Å². The van der Waals surface area contributed by atoms with Crippen LogP contribution in [0.15, 0.2) is 52.9 Å². The van der Waals surface area contributed by atoms with Gasteiger partial charge in [0.2, 0.25) is 0 Å². The molecule has 0 heterocycles. The molecule has 0 radical (unpaired) electrons. The van der Waals surface area contributed by atoms with Crippen molar-refractivity contribution in [3.8, 4) is 11.1 Å². The molecule has 2 nitrogen and oxygen atoms in total. The molecule has 0 amide bonds. The van der Waals surface area contributed by atoms with Crippen molar-refractivity contribution in [3.05, 3.63) is 58.5 Å². The zero-order valence-corrected chi connectivity index (χ0v) is 10.6. The Balaban J connectivity index is 2.83. The van der Waals surface area contributed by atoms with Crippen molar-refractivity contribution in [1.82, 2.24) is 0 Å². The summed E-state index contributed by atoms with van der Waals surface area (Å²) in [7, 11) is 1.25. The van der Waals surface area contributed by atoms with Crippen LogP contribution >= 0.6 is 15.9 Å². The van der Waals surface area contributed by atoms with Gasteiger partial charge in [-0.3, -0.25) is 0 Å². The van der Waals surface area contributed by atoms with Gasteiger partial charge in [-0.15, -0.1) is 0 Å². The lowest BCUT2D eigenvalue weighted by atomic mass is 10.00. The SMILES string of the molecule is [2H]c1c([2H])c(-c2ccccc2C(=O)OC)c([2H])c([2H])c1Br. The minimum atomic E-state index is -0.592. The second kappa shape index (κ2) is 5.15. The molecule has 0 saturated heterocycles. The number of hydrogen-bond donors (Lipinski definition) is 0. The summed E-state index contributed by atoms with van der Waals surface area (Å²) in [6, 6.07) is 5.61. The van der Waals surface area contributed by atoms with Crippen LogP contribution in [0.3, 0.4) is 0 Å². The Hall–Kier alpha value is -1.61. The Morgan fingerprint density at radius 1 is 1.24 bits per heavy atom. The van der Waals surface area contributed by atoms with Crippen molar-refractivity contribution in [2.45, 2.75) is 0 Å². The topological polar surface area (TPSA) is 26.3 Å². The molecule has 17 heavy (non-hydrogen) atoms. The van der Waals surface area contributed by atoms with Crippen LogP contribution in [0.5, 0.6) is 0 Å². The zero-order chi connectivity index (χ0) is 15.7. The fraction of sp³-hybridized carbons (Fsp3) is 0.0714. The summed E-state index contributed by atoms with van der Waals surface area (Å²) < 4.78 is 36.5. The first kappa shape index (κ1) is 7.67. The van der Waals surface area contributed by atoms with E-state index in [1.807, 2.05) is 0 Å². The van der Waals surface area contributed by atoms with Crippen molar-refractivity contribution < 1.29 is 15.0 Å². The van der Waals surface area contributed by atoms with Gasteiger partial charge in [0.15, 0.2) is 0 Å². The molecule has 0 aliphatic heterocycles. The Labute approximate surface area is 114 Å². The van der Waals surface area contributed by atoms with E-state index >= 15 is 0 Å². The number of esters is 1. The molecule has 0 aromatic heterocycles. The third-order valence-electron chi connectivity index (χ3n) is 2.20. The molecule has 2 aromatic rings. The summed E-state index contributed by atoms with van der Waals surface area (Å²) in [4.78, 5) is 11.8. The van der Waals surface area contributed by atoms with Crippen LogP contribution in [-0.4, -0.2) is 13.1 Å². The molecule has 86 valence electrons. The Bertz CT molecular complexity index is 702. The van der Waals surface area contributed by atoms with E-state index in [-0.39, 0.29) is 39.8 Å². The molecule has 0 unspecified atom stereocenters. The van der Waals surface area contributed by atoms with Crippen LogP contribution in [0.1, 0.15) is 15.8 Å². The van der Waals surface area contributed by atoms with E-state index in [2.05, 4.69) is 15.9 Å². The van der Waals surface area contributed by atoms with E-state index in [4.69, 9.17) is 10.2 Å². The molecule has 0 aliphatic rings. The maximum atomic E-state index is 11.8. The standard InChI is InChI=1S/C14H11BrO2/c1-17-14(16)13-5-3-2-4-12(13)10-6-8-11(15)9-7-10/h2-9H,1H3/i6D,7D,8D,9D. The monoisotopic (exact) mass is 294 g/mol. The fourth-order valence-corrected chi connectivity index (χ4v) is 1.62. The lowest BCUT2D eigenvalue weighted by Gasteiger charge is -2.07. The van der Waals surface area contributed by atoms with Crippen molar-refractivity contribution in [2.75, 3.05) is 7.11 Å². The van der Waals surface area contributed by atoms with Crippen LogP contribution < -0.4 is 0 Å². The highest BCUT2D eigenvalue weighted by molar-refractivity contribution is 9.10. The van der Waals surface area contributed by atoms with E-state index in [1.165, 1.54) is 13.2 Å². The minimum absolute atomic E-state index is 0.0780. The van der Waals surface area contributed by atoms with Gasteiger partial charge in [-0.1, -0.05) is 46.2 Å². The highest BCUT2D eigenvalue weighted by Gasteiger charge is 2.11. The van der Waals surface area contributed by atoms with Gasteiger partial charge in [0, 0.05) is 4.47 Å². The second-order valence-corrected chi connectivity index (χ2v) is 4.02. The van der Waals surface area contributed by atoms with Gasteiger partial charge in [0.1, 0.15) is 0 Å². The molecule has 0 aliphatic carbocycles. The Kier molecular flexibility index (Phi) is 2.32. The molecular weight excluding hydrogens is 280 g/mol. The summed E-state index contributed by atoms with van der Waals surface area (Å²) in [5.41, 5.74) is 0.589. The molecule has 0 saturated carbocycles. The molecular formula is C14H11BrO2. The van der Waals surface area contributed by atoms with E-state index in [9.17, 15) is 4.79 Å². The number of methoxy groups -OCH3 is 1. The minimum Gasteiger partial charge on any atom is -0.465 e. The summed E-state index contributed by atoms with van der Waals surface area (Å²) in [5, 5.41) is 0. The summed E-state index contributed by atoms with van der Waals surface area (Å²) in [5.74, 6) is -0.592. The van der Waals surface area contributed by atoms with E-state index < -0.39 is 5.97 Å². The molecule has 0 spiro atoms. The van der Waals surface area contributed by atoms with Crippen LogP contribution in [0, 0.1) is 0 Å². The number of ether oxygens (including phenoxy) is 1. The second-order valence-electron chi connectivity index (χ2n) is 3.23. The molecule has 0 atom stereocenters. The van der Waals surface area contributed by atoms with Crippen LogP contribution in [0.25, 0.3) is 11.1 Å². The van der Waals surface area contributed by atoms with Gasteiger partial charge >= 0.3 is 5.97 Å². The summed E-state index contributed by atoms with van der Waals surface area (Å²) in [6.45, 7) is 0. The van der Waals surface area contributed by atoms with Crippen molar-refractivity contribution in [1.29, 1.82) is 0 Å². The van der Waals surface area contributed by atoms with Gasteiger partial charge in [-0.2, -0.15) is 0 Å². The first-order valence-corrected chi connectivity index (χ1v) is 5.63. The lowest BCUT2D eigenvalue weighted by molar-refractivity contribution is 0.0601. The van der Waals surface area contributed by atoms with Crippen LogP contribution in [0.2, 0.25) is 0 Å². The quantitative estimate of drug-likeness (QED) is 0.785. The van der Waals surface area contributed by atoms with Gasteiger partial charge in [0.25, 0.3) is 0 Å². The number of hydrogen-bond acceptors (Lipinski definition) is 2. The summed E-state index contributed by atoms with van der Waals surface area (Å²) >= 11 is 3.04. The maximum absolute atomic E-state index is 11.8. The number of carbonyl (C=O) groups excluding carboxylic acids is 1. The average molecular weight is 295 g/mol. The smallest absolute Gasteiger partial charge is 0.338 e. The third kappa shape index (κ3) is 2.56. The number of benzene rings is 2. The maximum Gasteiger partial charge on any atom is 0.338 e. The zero-order valence-electron chi connectivity index (χ0n) is 13.0. The normalized spacial score (nSPS) is 13.3. The van der Waals surface area contributed by atoms with E-state index in [0.717, 1.165) is 0 Å². The third-order valence-corrected chi connectivity index (χ3v) is 2.59. The molecule has 0 bridgehead atoms. The first-order chi connectivity index (χ1) is 9.90. The van der Waals surface area contributed by atoms with Gasteiger partial charge in [0.05, 0.1) is 18.2 Å². The first-order valence-electron chi connectivity index (χ1n) is 6.83. The van der Waals surface area contributed by atoms with Gasteiger partial charge < -0.3 is 4.74 Å². The summed E-state index contributed by atoms with van der Waals surface area (Å²) in [6.07, 6.45) is 0. The number of rotatable bonds is 2. The Morgan fingerprint density at radius 2 is 1.88 bits per heavy atom. The Morgan fingerprint density at radius 3 is 2.53 bits per heavy atom. The van der Waals surface area contributed by atoms with E-state index in [0.29, 0.717) is 5.56 Å². The van der Waals surface area contributed by atoms with E-state index in [1.54, 1.807) is 18.2 Å². The number of carbonyl (C=O) groups is 1.